The summed E-state index contributed by atoms with van der Waals surface area (Å²) in [7, 11) is 1.68. The number of aromatic nitrogens is 1. The second-order valence-corrected chi connectivity index (χ2v) is 6.31. The van der Waals surface area contributed by atoms with Gasteiger partial charge in [0.2, 0.25) is 0 Å². The Balaban J connectivity index is 1.81. The van der Waals surface area contributed by atoms with E-state index in [0.29, 0.717) is 0 Å². The van der Waals surface area contributed by atoms with Crippen LogP contribution in [-0.4, -0.2) is 23.8 Å². The molecule has 1 heterocycles. The highest BCUT2D eigenvalue weighted by atomic mass is 16.2. The zero-order valence-corrected chi connectivity index (χ0v) is 15.6. The van der Waals surface area contributed by atoms with Crippen LogP contribution in [0.25, 0.3) is 0 Å². The molecule has 0 atom stereocenters. The van der Waals surface area contributed by atoms with Crippen LogP contribution in [0.2, 0.25) is 0 Å². The summed E-state index contributed by atoms with van der Waals surface area (Å²) in [6.45, 7) is 3.94. The quantitative estimate of drug-likeness (QED) is 0.758. The molecule has 0 radical (unpaired) electrons. The van der Waals surface area contributed by atoms with E-state index in [1.807, 2.05) is 62.4 Å². The summed E-state index contributed by atoms with van der Waals surface area (Å²) >= 11 is 0. The fourth-order valence-electron chi connectivity index (χ4n) is 2.69. The number of rotatable bonds is 4. The minimum absolute atomic E-state index is 0.197. The van der Waals surface area contributed by atoms with Gasteiger partial charge in [0.05, 0.1) is 0 Å². The van der Waals surface area contributed by atoms with Crippen molar-refractivity contribution in [3.63, 3.8) is 0 Å². The molecule has 0 aliphatic carbocycles. The molecule has 2 amide bonds. The van der Waals surface area contributed by atoms with Gasteiger partial charge in [-0.2, -0.15) is 0 Å². The van der Waals surface area contributed by atoms with Crippen molar-refractivity contribution < 1.29 is 9.59 Å². The average molecular weight is 359 g/mol. The van der Waals surface area contributed by atoms with Gasteiger partial charge in [-0.1, -0.05) is 36.4 Å². The van der Waals surface area contributed by atoms with Gasteiger partial charge in [-0.3, -0.25) is 9.59 Å². The number of para-hydroxylation sites is 1. The summed E-state index contributed by atoms with van der Waals surface area (Å²) in [4.78, 5) is 31.1. The largest absolute Gasteiger partial charge is 0.320 e. The van der Waals surface area contributed by atoms with Crippen molar-refractivity contribution in [3.8, 4) is 0 Å². The first-order valence-electron chi connectivity index (χ1n) is 8.65. The number of amides is 2. The van der Waals surface area contributed by atoms with Crippen LogP contribution >= 0.6 is 0 Å². The zero-order valence-electron chi connectivity index (χ0n) is 15.6. The first-order valence-corrected chi connectivity index (χ1v) is 8.65. The third kappa shape index (κ3) is 4.03. The number of pyridine rings is 1. The van der Waals surface area contributed by atoms with Gasteiger partial charge in [-0.25, -0.2) is 4.98 Å². The van der Waals surface area contributed by atoms with Crippen molar-refractivity contribution in [1.82, 2.24) is 4.98 Å². The topological polar surface area (TPSA) is 62.3 Å². The van der Waals surface area contributed by atoms with E-state index < -0.39 is 0 Å². The van der Waals surface area contributed by atoms with E-state index in [1.165, 1.54) is 4.90 Å². The Morgan fingerprint density at radius 2 is 1.52 bits per heavy atom. The van der Waals surface area contributed by atoms with Crippen LogP contribution in [-0.2, 0) is 0 Å². The second-order valence-electron chi connectivity index (χ2n) is 6.31. The van der Waals surface area contributed by atoms with E-state index in [2.05, 4.69) is 10.3 Å². The molecule has 0 unspecified atom stereocenters. The van der Waals surface area contributed by atoms with Crippen LogP contribution < -0.4 is 10.2 Å². The molecule has 3 rings (SSSR count). The highest BCUT2D eigenvalue weighted by molar-refractivity contribution is 6.07. The third-order valence-corrected chi connectivity index (χ3v) is 4.50. The summed E-state index contributed by atoms with van der Waals surface area (Å²) in [5.41, 5.74) is 4.00. The molecular weight excluding hydrogens is 338 g/mol. The Morgan fingerprint density at radius 3 is 2.26 bits per heavy atom. The first kappa shape index (κ1) is 18.3. The number of hydrogen-bond acceptors (Lipinski definition) is 3. The number of carbonyl (C=O) groups excluding carboxylic acids is 2. The number of nitrogens with zero attached hydrogens (tertiary/aromatic N) is 2. The van der Waals surface area contributed by atoms with Gasteiger partial charge in [-0.05, 0) is 55.3 Å². The van der Waals surface area contributed by atoms with Crippen LogP contribution in [0.15, 0.2) is 66.7 Å². The number of anilines is 2. The van der Waals surface area contributed by atoms with Gasteiger partial charge in [0.1, 0.15) is 11.4 Å². The van der Waals surface area contributed by atoms with Crippen molar-refractivity contribution >= 4 is 23.2 Å². The van der Waals surface area contributed by atoms with Crippen LogP contribution in [0.4, 0.5) is 11.4 Å². The molecule has 0 fully saturated rings. The van der Waals surface area contributed by atoms with Gasteiger partial charge in [0.25, 0.3) is 11.8 Å². The predicted molar refractivity (Wildman–Crippen MR) is 107 cm³/mol. The van der Waals surface area contributed by atoms with E-state index >= 15 is 0 Å². The Labute approximate surface area is 158 Å². The zero-order chi connectivity index (χ0) is 19.4. The molecule has 0 saturated heterocycles. The van der Waals surface area contributed by atoms with E-state index in [4.69, 9.17) is 0 Å². The van der Waals surface area contributed by atoms with Crippen molar-refractivity contribution in [2.45, 2.75) is 13.8 Å². The molecule has 2 aromatic carbocycles. The molecule has 27 heavy (non-hydrogen) atoms. The van der Waals surface area contributed by atoms with Gasteiger partial charge >= 0.3 is 0 Å². The highest BCUT2D eigenvalue weighted by Crippen LogP contribution is 2.19. The molecule has 1 aromatic heterocycles. The highest BCUT2D eigenvalue weighted by Gasteiger charge is 2.17. The van der Waals surface area contributed by atoms with Crippen molar-refractivity contribution in [2.24, 2.45) is 0 Å². The van der Waals surface area contributed by atoms with Gasteiger partial charge in [0, 0.05) is 18.4 Å². The minimum Gasteiger partial charge on any atom is -0.320 e. The molecule has 136 valence electrons. The molecule has 3 aromatic rings. The van der Waals surface area contributed by atoms with Crippen molar-refractivity contribution in [2.75, 3.05) is 17.3 Å². The SMILES string of the molecule is Cc1cccc(NC(=O)c2cccc(C(=O)N(C)c3ccccc3)n2)c1C. The summed E-state index contributed by atoms with van der Waals surface area (Å²) in [5.74, 6) is -0.622. The molecule has 5 nitrogen and oxygen atoms in total. The smallest absolute Gasteiger partial charge is 0.276 e. The number of nitrogens with one attached hydrogen (secondary N) is 1. The van der Waals surface area contributed by atoms with E-state index in [1.54, 1.807) is 25.2 Å². The average Bonchev–Trinajstić information content (AvgIpc) is 2.71. The summed E-state index contributed by atoms with van der Waals surface area (Å²) in [6, 6.07) is 19.9. The normalized spacial score (nSPS) is 10.3. The minimum atomic E-state index is -0.347. The maximum atomic E-state index is 12.7. The van der Waals surface area contributed by atoms with Crippen LogP contribution in [0.1, 0.15) is 32.1 Å². The van der Waals surface area contributed by atoms with Gasteiger partial charge < -0.3 is 10.2 Å². The van der Waals surface area contributed by atoms with Gasteiger partial charge in [0.15, 0.2) is 0 Å². The molecule has 0 spiro atoms. The van der Waals surface area contributed by atoms with Crippen LogP contribution in [0, 0.1) is 13.8 Å². The van der Waals surface area contributed by atoms with Crippen LogP contribution in [0.5, 0.6) is 0 Å². The molecule has 0 saturated carbocycles. The summed E-state index contributed by atoms with van der Waals surface area (Å²) < 4.78 is 0. The lowest BCUT2D eigenvalue weighted by molar-refractivity contribution is 0.0988. The lowest BCUT2D eigenvalue weighted by Crippen LogP contribution is -2.27. The Morgan fingerprint density at radius 1 is 0.852 bits per heavy atom. The third-order valence-electron chi connectivity index (χ3n) is 4.50. The standard InChI is InChI=1S/C22H21N3O2/c1-15-9-7-12-18(16(15)2)24-21(26)19-13-8-14-20(23-19)22(27)25(3)17-10-5-4-6-11-17/h4-14H,1-3H3,(H,24,26). The fraction of sp³-hybridized carbons (Fsp3) is 0.136. The maximum Gasteiger partial charge on any atom is 0.276 e. The monoisotopic (exact) mass is 359 g/mol. The Hall–Kier alpha value is -3.47. The number of hydrogen-bond donors (Lipinski definition) is 1. The predicted octanol–water partition coefficient (Wildman–Crippen LogP) is 4.23. The summed E-state index contributed by atoms with van der Waals surface area (Å²) in [6.07, 6.45) is 0. The Kier molecular flexibility index (Phi) is 5.31. The lowest BCUT2D eigenvalue weighted by Gasteiger charge is -2.17. The van der Waals surface area contributed by atoms with E-state index in [-0.39, 0.29) is 23.2 Å². The molecule has 0 bridgehead atoms. The van der Waals surface area contributed by atoms with E-state index in [0.717, 1.165) is 22.5 Å². The fourth-order valence-corrected chi connectivity index (χ4v) is 2.69. The second kappa shape index (κ2) is 7.83. The number of benzene rings is 2. The van der Waals surface area contributed by atoms with Crippen molar-refractivity contribution in [1.29, 1.82) is 0 Å². The summed E-state index contributed by atoms with van der Waals surface area (Å²) in [5, 5.41) is 2.87. The number of carbonyl (C=O) groups is 2. The molecular formula is C22H21N3O2. The van der Waals surface area contributed by atoms with Crippen molar-refractivity contribution in [3.05, 3.63) is 89.2 Å². The molecule has 5 heteroatoms. The molecule has 0 aliphatic rings. The molecule has 1 N–H and O–H groups in total. The first-order chi connectivity index (χ1) is 13.0. The lowest BCUT2D eigenvalue weighted by atomic mass is 10.1. The van der Waals surface area contributed by atoms with Gasteiger partial charge in [-0.15, -0.1) is 0 Å². The maximum absolute atomic E-state index is 12.7. The van der Waals surface area contributed by atoms with E-state index in [9.17, 15) is 9.59 Å². The Bertz CT molecular complexity index is 984. The molecule has 0 aliphatic heterocycles. The number of aryl methyl sites for hydroxylation is 1. The van der Waals surface area contributed by atoms with Crippen LogP contribution in [0.3, 0.4) is 0 Å².